The molecule has 1 unspecified atom stereocenters. The molecule has 35 heavy (non-hydrogen) atoms. The molecule has 1 amide bonds. The zero-order valence-corrected chi connectivity index (χ0v) is 21.1. The van der Waals surface area contributed by atoms with Crippen molar-refractivity contribution in [1.29, 1.82) is 0 Å². The molecule has 8 heteroatoms. The number of hydrogen-bond acceptors (Lipinski definition) is 5. The van der Waals surface area contributed by atoms with Crippen molar-refractivity contribution in [2.75, 3.05) is 31.6 Å². The number of hydrogen-bond donors (Lipinski definition) is 1. The summed E-state index contributed by atoms with van der Waals surface area (Å²) in [6.45, 7) is 2.20. The fourth-order valence-corrected chi connectivity index (χ4v) is 5.20. The van der Waals surface area contributed by atoms with Crippen LogP contribution in [-0.4, -0.2) is 41.6 Å². The minimum atomic E-state index is -4.06. The maximum atomic E-state index is 13.6. The number of nitrogens with one attached hydrogen (secondary N) is 1. The van der Waals surface area contributed by atoms with Crippen molar-refractivity contribution in [2.24, 2.45) is 5.92 Å². The third-order valence-corrected chi connectivity index (χ3v) is 7.58. The predicted molar refractivity (Wildman–Crippen MR) is 137 cm³/mol. The van der Waals surface area contributed by atoms with Crippen molar-refractivity contribution in [1.82, 2.24) is 5.32 Å². The van der Waals surface area contributed by atoms with Gasteiger partial charge >= 0.3 is 0 Å². The molecule has 0 fully saturated rings. The minimum Gasteiger partial charge on any atom is -0.493 e. The van der Waals surface area contributed by atoms with Gasteiger partial charge in [-0.3, -0.25) is 9.10 Å². The SMILES string of the molecule is CCC(CNC(=O)CN(c1ccccc1)S(=O)(=O)c1ccc(OC)c(OC)c1)Cc1ccccc1. The smallest absolute Gasteiger partial charge is 0.264 e. The standard InChI is InChI=1S/C27H32N2O5S/c1-4-21(17-22-11-7-5-8-12-22)19-28-27(30)20-29(23-13-9-6-10-14-23)35(31,32)24-15-16-25(33-2)26(18-24)34-3/h5-16,18,21H,4,17,19-20H2,1-3H3,(H,28,30). The van der Waals surface area contributed by atoms with Crippen molar-refractivity contribution < 1.29 is 22.7 Å². The molecule has 186 valence electrons. The molecule has 0 aliphatic carbocycles. The average Bonchev–Trinajstić information content (AvgIpc) is 2.90. The molecule has 3 aromatic rings. The molecule has 0 saturated heterocycles. The van der Waals surface area contributed by atoms with Crippen LogP contribution in [0.2, 0.25) is 0 Å². The van der Waals surface area contributed by atoms with E-state index in [2.05, 4.69) is 24.4 Å². The van der Waals surface area contributed by atoms with Gasteiger partial charge in [0.05, 0.1) is 24.8 Å². The Kier molecular flexibility index (Phi) is 9.14. The summed E-state index contributed by atoms with van der Waals surface area (Å²) in [6.07, 6.45) is 1.73. The molecule has 0 saturated carbocycles. The van der Waals surface area contributed by atoms with Crippen LogP contribution in [0.5, 0.6) is 11.5 Å². The van der Waals surface area contributed by atoms with Gasteiger partial charge in [-0.15, -0.1) is 0 Å². The monoisotopic (exact) mass is 496 g/mol. The topological polar surface area (TPSA) is 84.9 Å². The maximum absolute atomic E-state index is 13.6. The predicted octanol–water partition coefficient (Wildman–Crippen LogP) is 4.28. The second-order valence-electron chi connectivity index (χ2n) is 8.13. The Labute approximate surface area is 207 Å². The number of carbonyl (C=O) groups is 1. The fourth-order valence-electron chi connectivity index (χ4n) is 3.77. The van der Waals surface area contributed by atoms with E-state index in [0.29, 0.717) is 18.0 Å². The first-order valence-corrected chi connectivity index (χ1v) is 12.9. The highest BCUT2D eigenvalue weighted by Crippen LogP contribution is 2.32. The lowest BCUT2D eigenvalue weighted by atomic mass is 9.97. The molecule has 0 bridgehead atoms. The van der Waals surface area contributed by atoms with E-state index in [4.69, 9.17) is 9.47 Å². The largest absolute Gasteiger partial charge is 0.493 e. The molecular formula is C27H32N2O5S. The fraction of sp³-hybridized carbons (Fsp3) is 0.296. The normalized spacial score (nSPS) is 12.0. The zero-order valence-electron chi connectivity index (χ0n) is 20.3. The Bertz CT molecular complexity index is 1200. The van der Waals surface area contributed by atoms with Gasteiger partial charge in [0, 0.05) is 12.6 Å². The lowest BCUT2D eigenvalue weighted by Crippen LogP contribution is -2.42. The summed E-state index contributed by atoms with van der Waals surface area (Å²) in [4.78, 5) is 12.9. The van der Waals surface area contributed by atoms with E-state index in [-0.39, 0.29) is 29.0 Å². The Morgan fingerprint density at radius 2 is 1.54 bits per heavy atom. The summed E-state index contributed by atoms with van der Waals surface area (Å²) < 4.78 is 38.9. The van der Waals surface area contributed by atoms with Crippen LogP contribution in [0, 0.1) is 5.92 Å². The molecule has 0 aliphatic rings. The molecular weight excluding hydrogens is 464 g/mol. The van der Waals surface area contributed by atoms with Gasteiger partial charge in [0.2, 0.25) is 5.91 Å². The number of para-hydroxylation sites is 1. The van der Waals surface area contributed by atoms with E-state index in [0.717, 1.165) is 17.1 Å². The quantitative estimate of drug-likeness (QED) is 0.405. The first-order valence-electron chi connectivity index (χ1n) is 11.5. The number of anilines is 1. The molecule has 3 rings (SSSR count). The van der Waals surface area contributed by atoms with E-state index in [1.807, 2.05) is 18.2 Å². The van der Waals surface area contributed by atoms with Crippen LogP contribution in [0.15, 0.2) is 83.8 Å². The van der Waals surface area contributed by atoms with Crippen LogP contribution >= 0.6 is 0 Å². The van der Waals surface area contributed by atoms with Crippen LogP contribution in [0.1, 0.15) is 18.9 Å². The number of nitrogens with zero attached hydrogens (tertiary/aromatic N) is 1. The van der Waals surface area contributed by atoms with Gasteiger partial charge in [-0.25, -0.2) is 8.42 Å². The number of benzene rings is 3. The van der Waals surface area contributed by atoms with Crippen molar-refractivity contribution in [3.63, 3.8) is 0 Å². The second-order valence-corrected chi connectivity index (χ2v) is 9.99. The van der Waals surface area contributed by atoms with Gasteiger partial charge in [0.1, 0.15) is 6.54 Å². The summed E-state index contributed by atoms with van der Waals surface area (Å²) in [5, 5.41) is 2.93. The highest BCUT2D eigenvalue weighted by Gasteiger charge is 2.28. The number of amides is 1. The number of rotatable bonds is 12. The minimum absolute atomic E-state index is 0.00214. The van der Waals surface area contributed by atoms with E-state index in [1.54, 1.807) is 30.3 Å². The molecule has 0 aromatic heterocycles. The third-order valence-electron chi connectivity index (χ3n) is 5.81. The van der Waals surface area contributed by atoms with Gasteiger partial charge in [-0.1, -0.05) is 61.9 Å². The van der Waals surface area contributed by atoms with Crippen LogP contribution in [0.4, 0.5) is 5.69 Å². The highest BCUT2D eigenvalue weighted by molar-refractivity contribution is 7.92. The van der Waals surface area contributed by atoms with E-state index >= 15 is 0 Å². The molecule has 7 nitrogen and oxygen atoms in total. The zero-order chi connectivity index (χ0) is 25.3. The molecule has 0 heterocycles. The Morgan fingerprint density at radius 1 is 0.914 bits per heavy atom. The van der Waals surface area contributed by atoms with E-state index < -0.39 is 10.0 Å². The highest BCUT2D eigenvalue weighted by atomic mass is 32.2. The second kappa shape index (κ2) is 12.3. The van der Waals surface area contributed by atoms with Crippen LogP contribution in [-0.2, 0) is 21.2 Å². The van der Waals surface area contributed by atoms with Crippen molar-refractivity contribution >= 4 is 21.6 Å². The van der Waals surface area contributed by atoms with E-state index in [9.17, 15) is 13.2 Å². The Hall–Kier alpha value is -3.52. The summed E-state index contributed by atoms with van der Waals surface area (Å²) in [6, 6.07) is 23.1. The Balaban J connectivity index is 1.79. The molecule has 3 aromatic carbocycles. The average molecular weight is 497 g/mol. The molecule has 1 atom stereocenters. The summed E-state index contributed by atoms with van der Waals surface area (Å²) >= 11 is 0. The van der Waals surface area contributed by atoms with Crippen LogP contribution in [0.25, 0.3) is 0 Å². The lowest BCUT2D eigenvalue weighted by molar-refractivity contribution is -0.119. The number of methoxy groups -OCH3 is 2. The first kappa shape index (κ1) is 26.1. The van der Waals surface area contributed by atoms with Gasteiger partial charge in [0.15, 0.2) is 11.5 Å². The third kappa shape index (κ3) is 6.76. The van der Waals surface area contributed by atoms with Gasteiger partial charge in [-0.2, -0.15) is 0 Å². The number of carbonyl (C=O) groups excluding carboxylic acids is 1. The van der Waals surface area contributed by atoms with Crippen molar-refractivity contribution in [3.8, 4) is 11.5 Å². The summed E-state index contributed by atoms with van der Waals surface area (Å²) in [5.41, 5.74) is 1.60. The summed E-state index contributed by atoms with van der Waals surface area (Å²) in [7, 11) is -1.14. The van der Waals surface area contributed by atoms with Crippen molar-refractivity contribution in [2.45, 2.75) is 24.7 Å². The molecule has 1 N–H and O–H groups in total. The van der Waals surface area contributed by atoms with Crippen LogP contribution < -0.4 is 19.1 Å². The number of sulfonamides is 1. The first-order chi connectivity index (χ1) is 16.9. The van der Waals surface area contributed by atoms with Gasteiger partial charge < -0.3 is 14.8 Å². The molecule has 0 aliphatic heterocycles. The maximum Gasteiger partial charge on any atom is 0.264 e. The Morgan fingerprint density at radius 3 is 2.14 bits per heavy atom. The van der Waals surface area contributed by atoms with E-state index in [1.165, 1.54) is 38.0 Å². The summed E-state index contributed by atoms with van der Waals surface area (Å²) in [5.74, 6) is 0.579. The van der Waals surface area contributed by atoms with Gasteiger partial charge in [0.25, 0.3) is 10.0 Å². The molecule has 0 spiro atoms. The number of ether oxygens (including phenoxy) is 2. The van der Waals surface area contributed by atoms with Crippen molar-refractivity contribution in [3.05, 3.63) is 84.4 Å². The van der Waals surface area contributed by atoms with Gasteiger partial charge in [-0.05, 0) is 42.2 Å². The van der Waals surface area contributed by atoms with Crippen LogP contribution in [0.3, 0.4) is 0 Å². The molecule has 0 radical (unpaired) electrons. The lowest BCUT2D eigenvalue weighted by Gasteiger charge is -2.25.